The summed E-state index contributed by atoms with van der Waals surface area (Å²) in [6.07, 6.45) is 4.12. The number of rotatable bonds is 3. The maximum absolute atomic E-state index is 11.8. The van der Waals surface area contributed by atoms with Crippen molar-refractivity contribution in [3.8, 4) is 0 Å². The van der Waals surface area contributed by atoms with Crippen molar-refractivity contribution in [3.05, 3.63) is 29.8 Å². The van der Waals surface area contributed by atoms with Crippen molar-refractivity contribution in [1.82, 2.24) is 0 Å². The fourth-order valence-electron chi connectivity index (χ4n) is 2.12. The number of carboxylic acid groups (broad SMARTS) is 1. The van der Waals surface area contributed by atoms with E-state index in [1.165, 1.54) is 12.1 Å². The molecule has 4 nitrogen and oxygen atoms in total. The molecule has 1 saturated carbocycles. The Hall–Kier alpha value is -1.84. The lowest BCUT2D eigenvalue weighted by Crippen LogP contribution is -2.22. The lowest BCUT2D eigenvalue weighted by Gasteiger charge is -2.11. The van der Waals surface area contributed by atoms with Gasteiger partial charge in [-0.3, -0.25) is 4.79 Å². The smallest absolute Gasteiger partial charge is 0.227 e. The molecule has 0 unspecified atom stereocenters. The summed E-state index contributed by atoms with van der Waals surface area (Å²) in [6.45, 7) is 0. The minimum Gasteiger partial charge on any atom is -0.545 e. The minimum absolute atomic E-state index is 0.0312. The first-order valence-electron chi connectivity index (χ1n) is 5.79. The van der Waals surface area contributed by atoms with Gasteiger partial charge < -0.3 is 15.2 Å². The zero-order valence-corrected chi connectivity index (χ0v) is 9.44. The molecule has 0 aromatic heterocycles. The lowest BCUT2D eigenvalue weighted by molar-refractivity contribution is -0.255. The summed E-state index contributed by atoms with van der Waals surface area (Å²) < 4.78 is 0. The van der Waals surface area contributed by atoms with Crippen molar-refractivity contribution < 1.29 is 14.7 Å². The van der Waals surface area contributed by atoms with Gasteiger partial charge in [0.15, 0.2) is 0 Å². The molecule has 1 N–H and O–H groups in total. The van der Waals surface area contributed by atoms with E-state index in [-0.39, 0.29) is 17.4 Å². The van der Waals surface area contributed by atoms with E-state index < -0.39 is 5.97 Å². The van der Waals surface area contributed by atoms with Crippen molar-refractivity contribution in [2.45, 2.75) is 25.7 Å². The first-order valence-corrected chi connectivity index (χ1v) is 5.79. The number of carboxylic acids is 1. The number of benzene rings is 1. The van der Waals surface area contributed by atoms with Gasteiger partial charge in [0.2, 0.25) is 5.91 Å². The Balaban J connectivity index is 1.98. The molecule has 0 aliphatic heterocycles. The molecule has 0 bridgehead atoms. The molecule has 0 saturated heterocycles. The highest BCUT2D eigenvalue weighted by molar-refractivity contribution is 5.93. The van der Waals surface area contributed by atoms with Crippen LogP contribution >= 0.6 is 0 Å². The average molecular weight is 232 g/mol. The fraction of sp³-hybridized carbons (Fsp3) is 0.385. The van der Waals surface area contributed by atoms with Crippen LogP contribution in [0.2, 0.25) is 0 Å². The molecule has 1 amide bonds. The number of carbonyl (C=O) groups excluding carboxylic acids is 2. The number of aromatic carboxylic acids is 1. The average Bonchev–Trinajstić information content (AvgIpc) is 2.83. The number of hydrogen-bond acceptors (Lipinski definition) is 3. The van der Waals surface area contributed by atoms with E-state index in [0.29, 0.717) is 5.69 Å². The highest BCUT2D eigenvalue weighted by Crippen LogP contribution is 2.25. The normalized spacial score (nSPS) is 15.8. The van der Waals surface area contributed by atoms with E-state index in [4.69, 9.17) is 0 Å². The molecule has 0 atom stereocenters. The van der Waals surface area contributed by atoms with E-state index in [1.54, 1.807) is 12.1 Å². The fourth-order valence-corrected chi connectivity index (χ4v) is 2.12. The molecule has 1 aliphatic rings. The van der Waals surface area contributed by atoms with Crippen LogP contribution in [0.25, 0.3) is 0 Å². The second kappa shape index (κ2) is 4.99. The van der Waals surface area contributed by atoms with Crippen LogP contribution in [0, 0.1) is 5.92 Å². The maximum atomic E-state index is 11.8. The van der Waals surface area contributed by atoms with Crippen molar-refractivity contribution >= 4 is 17.6 Å². The summed E-state index contributed by atoms with van der Waals surface area (Å²) in [7, 11) is 0. The van der Waals surface area contributed by atoms with E-state index in [9.17, 15) is 14.7 Å². The number of carbonyl (C=O) groups is 2. The van der Waals surface area contributed by atoms with E-state index in [0.717, 1.165) is 25.7 Å². The zero-order valence-electron chi connectivity index (χ0n) is 9.44. The molecule has 1 fully saturated rings. The predicted molar refractivity (Wildman–Crippen MR) is 61.4 cm³/mol. The quantitative estimate of drug-likeness (QED) is 0.850. The molecule has 1 aromatic rings. The molecule has 0 heterocycles. The van der Waals surface area contributed by atoms with Crippen molar-refractivity contribution in [2.75, 3.05) is 5.32 Å². The second-order valence-corrected chi connectivity index (χ2v) is 4.34. The second-order valence-electron chi connectivity index (χ2n) is 4.34. The summed E-state index contributed by atoms with van der Waals surface area (Å²) in [5.41, 5.74) is 0.746. The van der Waals surface area contributed by atoms with Crippen molar-refractivity contribution in [1.29, 1.82) is 0 Å². The molecular weight excluding hydrogens is 218 g/mol. The Morgan fingerprint density at radius 2 is 1.71 bits per heavy atom. The van der Waals surface area contributed by atoms with Gasteiger partial charge in [-0.15, -0.1) is 0 Å². The van der Waals surface area contributed by atoms with E-state index >= 15 is 0 Å². The number of amides is 1. The molecule has 0 radical (unpaired) electrons. The molecule has 2 rings (SSSR count). The summed E-state index contributed by atoms with van der Waals surface area (Å²) in [4.78, 5) is 22.3. The zero-order chi connectivity index (χ0) is 12.3. The van der Waals surface area contributed by atoms with Crippen LogP contribution in [-0.2, 0) is 4.79 Å². The Morgan fingerprint density at radius 3 is 2.24 bits per heavy atom. The Bertz CT molecular complexity index is 419. The number of anilines is 1. The maximum Gasteiger partial charge on any atom is 0.227 e. The first kappa shape index (κ1) is 11.6. The van der Waals surface area contributed by atoms with Gasteiger partial charge in [0, 0.05) is 11.6 Å². The number of nitrogens with one attached hydrogen (secondary N) is 1. The summed E-state index contributed by atoms with van der Waals surface area (Å²) in [6, 6.07) is 6.02. The van der Waals surface area contributed by atoms with E-state index in [2.05, 4.69) is 5.32 Å². The third-order valence-electron chi connectivity index (χ3n) is 3.11. The Labute approximate surface area is 99.6 Å². The standard InChI is InChI=1S/C13H15NO3/c15-12(9-3-1-2-4-9)14-11-7-5-10(6-8-11)13(16)17/h5-9H,1-4H2,(H,14,15)(H,16,17)/p-1. The topological polar surface area (TPSA) is 69.2 Å². The summed E-state index contributed by atoms with van der Waals surface area (Å²) >= 11 is 0. The van der Waals surface area contributed by atoms with Gasteiger partial charge in [-0.25, -0.2) is 0 Å². The van der Waals surface area contributed by atoms with Gasteiger partial charge in [0.1, 0.15) is 0 Å². The summed E-state index contributed by atoms with van der Waals surface area (Å²) in [5.74, 6) is -1.07. The molecule has 1 aromatic carbocycles. The molecule has 17 heavy (non-hydrogen) atoms. The van der Waals surface area contributed by atoms with Crippen molar-refractivity contribution in [2.24, 2.45) is 5.92 Å². The molecular formula is C13H14NO3-. The SMILES string of the molecule is O=C([O-])c1ccc(NC(=O)C2CCCC2)cc1. The van der Waals surface area contributed by atoms with Crippen molar-refractivity contribution in [3.63, 3.8) is 0 Å². The van der Waals surface area contributed by atoms with Crippen LogP contribution in [-0.4, -0.2) is 11.9 Å². The van der Waals surface area contributed by atoms with Gasteiger partial charge in [0.25, 0.3) is 0 Å². The minimum atomic E-state index is -1.21. The van der Waals surface area contributed by atoms with Gasteiger partial charge in [-0.05, 0) is 30.5 Å². The monoisotopic (exact) mass is 232 g/mol. The molecule has 4 heteroatoms. The molecule has 90 valence electrons. The molecule has 0 spiro atoms. The first-order chi connectivity index (χ1) is 8.16. The molecule has 1 aliphatic carbocycles. The van der Waals surface area contributed by atoms with Gasteiger partial charge in [0.05, 0.1) is 5.97 Å². The van der Waals surface area contributed by atoms with Crippen LogP contribution in [0.3, 0.4) is 0 Å². The van der Waals surface area contributed by atoms with Crippen LogP contribution in [0.1, 0.15) is 36.0 Å². The van der Waals surface area contributed by atoms with Gasteiger partial charge in [-0.2, -0.15) is 0 Å². The van der Waals surface area contributed by atoms with Gasteiger partial charge in [-0.1, -0.05) is 25.0 Å². The van der Waals surface area contributed by atoms with Crippen LogP contribution in [0.15, 0.2) is 24.3 Å². The van der Waals surface area contributed by atoms with Crippen LogP contribution in [0.4, 0.5) is 5.69 Å². The predicted octanol–water partition coefficient (Wildman–Crippen LogP) is 1.18. The Morgan fingerprint density at radius 1 is 1.12 bits per heavy atom. The third-order valence-corrected chi connectivity index (χ3v) is 3.11. The van der Waals surface area contributed by atoms with Crippen LogP contribution in [0.5, 0.6) is 0 Å². The van der Waals surface area contributed by atoms with Crippen LogP contribution < -0.4 is 10.4 Å². The number of hydrogen-bond donors (Lipinski definition) is 1. The highest BCUT2D eigenvalue weighted by Gasteiger charge is 2.22. The van der Waals surface area contributed by atoms with Gasteiger partial charge >= 0.3 is 0 Å². The largest absolute Gasteiger partial charge is 0.545 e. The van der Waals surface area contributed by atoms with E-state index in [1.807, 2.05) is 0 Å². The third kappa shape index (κ3) is 2.84. The Kier molecular flexibility index (Phi) is 3.42. The summed E-state index contributed by atoms with van der Waals surface area (Å²) in [5, 5.41) is 13.3. The highest BCUT2D eigenvalue weighted by atomic mass is 16.4. The lowest BCUT2D eigenvalue weighted by atomic mass is 10.1.